The first-order valence-corrected chi connectivity index (χ1v) is 6.48. The van der Waals surface area contributed by atoms with Gasteiger partial charge >= 0.3 is 0 Å². The Morgan fingerprint density at radius 3 is 2.50 bits per heavy atom. The number of nitrogens with two attached hydrogens (primary N) is 1. The number of carbonyl (C=O) groups excluding carboxylic acids is 1. The standard InChI is InChI=1S/C14H23N3O/c1-4-8-14(3,15)13(18)17(5-2)11-12-6-9-16-10-7-12/h6-7,9-10H,4-5,8,11,15H2,1-3H3. The average Bonchev–Trinajstić information content (AvgIpc) is 2.36. The molecule has 0 spiro atoms. The van der Waals surface area contributed by atoms with Gasteiger partial charge in [-0.15, -0.1) is 0 Å². The van der Waals surface area contributed by atoms with Gasteiger partial charge in [0.25, 0.3) is 0 Å². The smallest absolute Gasteiger partial charge is 0.242 e. The van der Waals surface area contributed by atoms with E-state index >= 15 is 0 Å². The summed E-state index contributed by atoms with van der Waals surface area (Å²) in [6.07, 6.45) is 5.09. The van der Waals surface area contributed by atoms with Crippen molar-refractivity contribution in [1.82, 2.24) is 9.88 Å². The van der Waals surface area contributed by atoms with Gasteiger partial charge in [0, 0.05) is 25.5 Å². The van der Waals surface area contributed by atoms with Gasteiger partial charge in [-0.1, -0.05) is 13.3 Å². The first kappa shape index (κ1) is 14.6. The van der Waals surface area contributed by atoms with Crippen LogP contribution in [0.2, 0.25) is 0 Å². The quantitative estimate of drug-likeness (QED) is 0.838. The average molecular weight is 249 g/mol. The summed E-state index contributed by atoms with van der Waals surface area (Å²) >= 11 is 0. The van der Waals surface area contributed by atoms with Crippen molar-refractivity contribution in [3.63, 3.8) is 0 Å². The first-order valence-electron chi connectivity index (χ1n) is 6.48. The van der Waals surface area contributed by atoms with Gasteiger partial charge in [0.15, 0.2) is 0 Å². The van der Waals surface area contributed by atoms with E-state index in [4.69, 9.17) is 5.73 Å². The number of carbonyl (C=O) groups is 1. The zero-order valence-electron chi connectivity index (χ0n) is 11.5. The number of likely N-dealkylation sites (N-methyl/N-ethyl adjacent to an activating group) is 1. The second kappa shape index (κ2) is 6.50. The Bertz CT molecular complexity index is 376. The van der Waals surface area contributed by atoms with Crippen molar-refractivity contribution in [1.29, 1.82) is 0 Å². The lowest BCUT2D eigenvalue weighted by atomic mass is 9.95. The third kappa shape index (κ3) is 3.81. The predicted octanol–water partition coefficient (Wildman–Crippen LogP) is 1.95. The van der Waals surface area contributed by atoms with E-state index in [1.54, 1.807) is 17.3 Å². The summed E-state index contributed by atoms with van der Waals surface area (Å²) < 4.78 is 0. The van der Waals surface area contributed by atoms with E-state index in [1.807, 2.05) is 32.9 Å². The SMILES string of the molecule is CCCC(C)(N)C(=O)N(CC)Cc1ccncc1. The highest BCUT2D eigenvalue weighted by Gasteiger charge is 2.31. The van der Waals surface area contributed by atoms with Crippen molar-refractivity contribution >= 4 is 5.91 Å². The van der Waals surface area contributed by atoms with Crippen molar-refractivity contribution in [3.8, 4) is 0 Å². The van der Waals surface area contributed by atoms with E-state index in [0.29, 0.717) is 19.5 Å². The number of nitrogens with zero attached hydrogens (tertiary/aromatic N) is 2. The van der Waals surface area contributed by atoms with Crippen LogP contribution in [0.3, 0.4) is 0 Å². The van der Waals surface area contributed by atoms with Gasteiger partial charge in [-0.05, 0) is 38.0 Å². The lowest BCUT2D eigenvalue weighted by molar-refractivity contribution is -0.137. The van der Waals surface area contributed by atoms with Crippen LogP contribution in [0.4, 0.5) is 0 Å². The molecule has 0 aromatic carbocycles. The molecule has 1 aromatic heterocycles. The van der Waals surface area contributed by atoms with Gasteiger partial charge in [0.2, 0.25) is 5.91 Å². The fourth-order valence-corrected chi connectivity index (χ4v) is 2.02. The molecule has 1 aromatic rings. The second-order valence-electron chi connectivity index (χ2n) is 4.84. The highest BCUT2D eigenvalue weighted by molar-refractivity contribution is 5.85. The molecule has 2 N–H and O–H groups in total. The topological polar surface area (TPSA) is 59.2 Å². The lowest BCUT2D eigenvalue weighted by Gasteiger charge is -2.31. The molecule has 1 atom stereocenters. The van der Waals surface area contributed by atoms with Crippen LogP contribution in [0, 0.1) is 0 Å². The van der Waals surface area contributed by atoms with Crippen LogP contribution in [-0.2, 0) is 11.3 Å². The molecule has 18 heavy (non-hydrogen) atoms. The molecule has 0 saturated carbocycles. The number of rotatable bonds is 6. The Kier molecular flexibility index (Phi) is 5.28. The first-order chi connectivity index (χ1) is 8.51. The maximum absolute atomic E-state index is 12.4. The van der Waals surface area contributed by atoms with Crippen LogP contribution in [-0.4, -0.2) is 27.9 Å². The Hall–Kier alpha value is -1.42. The minimum atomic E-state index is -0.766. The van der Waals surface area contributed by atoms with Crippen LogP contribution >= 0.6 is 0 Å². The Balaban J connectivity index is 2.75. The minimum absolute atomic E-state index is 0.0173. The molecule has 0 fully saturated rings. The van der Waals surface area contributed by atoms with Gasteiger partial charge in [-0.3, -0.25) is 9.78 Å². The fraction of sp³-hybridized carbons (Fsp3) is 0.571. The number of hydrogen-bond donors (Lipinski definition) is 1. The van der Waals surface area contributed by atoms with Crippen LogP contribution in [0.15, 0.2) is 24.5 Å². The number of amides is 1. The molecule has 0 aliphatic carbocycles. The molecule has 100 valence electrons. The summed E-state index contributed by atoms with van der Waals surface area (Å²) in [7, 11) is 0. The van der Waals surface area contributed by atoms with Crippen molar-refractivity contribution in [2.75, 3.05) is 6.54 Å². The van der Waals surface area contributed by atoms with Gasteiger partial charge in [0.1, 0.15) is 0 Å². The summed E-state index contributed by atoms with van der Waals surface area (Å²) in [5, 5.41) is 0. The normalized spacial score (nSPS) is 14.0. The molecular weight excluding hydrogens is 226 g/mol. The van der Waals surface area contributed by atoms with E-state index in [-0.39, 0.29) is 5.91 Å². The molecule has 0 aliphatic rings. The van der Waals surface area contributed by atoms with E-state index < -0.39 is 5.54 Å². The zero-order chi connectivity index (χ0) is 13.6. The molecular formula is C14H23N3O. The van der Waals surface area contributed by atoms with Crippen molar-refractivity contribution in [2.45, 2.75) is 45.7 Å². The van der Waals surface area contributed by atoms with Crippen molar-refractivity contribution in [2.24, 2.45) is 5.73 Å². The third-order valence-electron chi connectivity index (χ3n) is 3.05. The maximum atomic E-state index is 12.4. The van der Waals surface area contributed by atoms with Gasteiger partial charge in [-0.25, -0.2) is 0 Å². The zero-order valence-corrected chi connectivity index (χ0v) is 11.5. The Morgan fingerprint density at radius 2 is 2.00 bits per heavy atom. The Labute approximate surface area is 109 Å². The molecule has 0 saturated heterocycles. The summed E-state index contributed by atoms with van der Waals surface area (Å²) in [4.78, 5) is 18.1. The Morgan fingerprint density at radius 1 is 1.39 bits per heavy atom. The van der Waals surface area contributed by atoms with Crippen molar-refractivity contribution < 1.29 is 4.79 Å². The fourth-order valence-electron chi connectivity index (χ4n) is 2.02. The maximum Gasteiger partial charge on any atom is 0.242 e. The van der Waals surface area contributed by atoms with Gasteiger partial charge < -0.3 is 10.6 Å². The molecule has 0 radical (unpaired) electrons. The van der Waals surface area contributed by atoms with E-state index in [1.165, 1.54) is 0 Å². The van der Waals surface area contributed by atoms with E-state index in [0.717, 1.165) is 12.0 Å². The number of pyridine rings is 1. The molecule has 1 heterocycles. The largest absolute Gasteiger partial charge is 0.337 e. The van der Waals surface area contributed by atoms with Crippen LogP contribution in [0.25, 0.3) is 0 Å². The summed E-state index contributed by atoms with van der Waals surface area (Å²) in [5.41, 5.74) is 6.41. The van der Waals surface area contributed by atoms with Crippen LogP contribution in [0.1, 0.15) is 39.2 Å². The van der Waals surface area contributed by atoms with Crippen LogP contribution in [0.5, 0.6) is 0 Å². The van der Waals surface area contributed by atoms with Crippen molar-refractivity contribution in [3.05, 3.63) is 30.1 Å². The van der Waals surface area contributed by atoms with Gasteiger partial charge in [-0.2, -0.15) is 0 Å². The molecule has 1 rings (SSSR count). The molecule has 4 heteroatoms. The minimum Gasteiger partial charge on any atom is -0.337 e. The van der Waals surface area contributed by atoms with Gasteiger partial charge in [0.05, 0.1) is 5.54 Å². The number of aromatic nitrogens is 1. The van der Waals surface area contributed by atoms with E-state index in [9.17, 15) is 4.79 Å². The highest BCUT2D eigenvalue weighted by Crippen LogP contribution is 2.14. The second-order valence-corrected chi connectivity index (χ2v) is 4.84. The molecule has 0 aliphatic heterocycles. The molecule has 1 amide bonds. The van der Waals surface area contributed by atoms with E-state index in [2.05, 4.69) is 4.98 Å². The third-order valence-corrected chi connectivity index (χ3v) is 3.05. The molecule has 0 bridgehead atoms. The summed E-state index contributed by atoms with van der Waals surface area (Å²) in [5.74, 6) is 0.0173. The molecule has 1 unspecified atom stereocenters. The molecule has 4 nitrogen and oxygen atoms in total. The summed E-state index contributed by atoms with van der Waals surface area (Å²) in [6, 6.07) is 3.84. The highest BCUT2D eigenvalue weighted by atomic mass is 16.2. The number of hydrogen-bond acceptors (Lipinski definition) is 3. The van der Waals surface area contributed by atoms with Crippen LogP contribution < -0.4 is 5.73 Å². The predicted molar refractivity (Wildman–Crippen MR) is 72.8 cm³/mol. The summed E-state index contributed by atoms with van der Waals surface area (Å²) in [6.45, 7) is 7.08. The lowest BCUT2D eigenvalue weighted by Crippen LogP contribution is -2.52. The monoisotopic (exact) mass is 249 g/mol.